The van der Waals surface area contributed by atoms with Crippen molar-refractivity contribution in [2.45, 2.75) is 12.8 Å². The quantitative estimate of drug-likeness (QED) is 0.639. The summed E-state index contributed by atoms with van der Waals surface area (Å²) in [5.41, 5.74) is 3.21. The van der Waals surface area contributed by atoms with Crippen LogP contribution in [-0.2, 0) is 0 Å². The first-order chi connectivity index (χ1) is 10.5. The molecule has 0 aromatic heterocycles. The minimum Gasteiger partial charge on any atom is -0.507 e. The number of rotatable bonds is 6. The van der Waals surface area contributed by atoms with Gasteiger partial charge in [-0.2, -0.15) is 0 Å². The van der Waals surface area contributed by atoms with Gasteiger partial charge in [0, 0.05) is 37.3 Å². The van der Waals surface area contributed by atoms with Crippen LogP contribution in [0.5, 0.6) is 5.75 Å². The van der Waals surface area contributed by atoms with Gasteiger partial charge in [-0.05, 0) is 30.2 Å². The van der Waals surface area contributed by atoms with Crippen LogP contribution in [0.2, 0.25) is 0 Å². The summed E-state index contributed by atoms with van der Waals surface area (Å²) < 4.78 is 0. The highest BCUT2D eigenvalue weighted by atomic mass is 16.3. The van der Waals surface area contributed by atoms with Crippen LogP contribution in [-0.4, -0.2) is 25.0 Å². The number of phenolic OH excluding ortho intramolecular Hbond substituents is 1. The second-order valence-corrected chi connectivity index (χ2v) is 5.39. The Kier molecular flexibility index (Phi) is 4.99. The Hall–Kier alpha value is -2.55. The number of carbonyl (C=O) groups is 1. The second kappa shape index (κ2) is 6.94. The van der Waals surface area contributed by atoms with Gasteiger partial charge in [-0.3, -0.25) is 4.79 Å². The molecule has 2 aromatic carbocycles. The molecule has 0 aliphatic carbocycles. The Morgan fingerprint density at radius 3 is 2.59 bits per heavy atom. The Bertz CT molecular complexity index is 690. The highest BCUT2D eigenvalue weighted by molar-refractivity contribution is 6.02. The van der Waals surface area contributed by atoms with Gasteiger partial charge in [0.1, 0.15) is 5.75 Å². The predicted molar refractivity (Wildman–Crippen MR) is 91.6 cm³/mol. The molecule has 0 radical (unpaired) electrons. The number of carbonyl (C=O) groups excluding carboxylic acids is 1. The maximum absolute atomic E-state index is 12.3. The fourth-order valence-corrected chi connectivity index (χ4v) is 2.39. The number of Topliss-reactive ketones (excluding diaryl/α,β-unsaturated/α-hetero) is 1. The zero-order valence-corrected chi connectivity index (χ0v) is 13.0. The number of benzene rings is 2. The van der Waals surface area contributed by atoms with Gasteiger partial charge in [-0.1, -0.05) is 30.3 Å². The fraction of sp³-hybridized carbons (Fsp3) is 0.211. The Morgan fingerprint density at radius 2 is 1.95 bits per heavy atom. The van der Waals surface area contributed by atoms with E-state index in [2.05, 4.69) is 6.58 Å². The molecular formula is C19H21NO2. The highest BCUT2D eigenvalue weighted by Gasteiger charge is 2.14. The number of hydrogen-bond donors (Lipinski definition) is 1. The summed E-state index contributed by atoms with van der Waals surface area (Å²) in [4.78, 5) is 14.2. The number of anilines is 1. The molecule has 0 bridgehead atoms. The summed E-state index contributed by atoms with van der Waals surface area (Å²) >= 11 is 0. The summed E-state index contributed by atoms with van der Waals surface area (Å²) in [5.74, 6) is 0.338. The smallest absolute Gasteiger partial charge is 0.165 e. The lowest BCUT2D eigenvalue weighted by Gasteiger charge is -2.18. The van der Waals surface area contributed by atoms with Crippen molar-refractivity contribution < 1.29 is 9.90 Å². The normalized spacial score (nSPS) is 10.3. The van der Waals surface area contributed by atoms with Crippen molar-refractivity contribution in [2.24, 2.45) is 0 Å². The van der Waals surface area contributed by atoms with Crippen molar-refractivity contribution in [3.8, 4) is 16.9 Å². The van der Waals surface area contributed by atoms with Gasteiger partial charge in [0.05, 0.1) is 0 Å². The molecule has 0 atom stereocenters. The molecule has 3 heteroatoms. The lowest BCUT2D eigenvalue weighted by molar-refractivity contribution is 0.0984. The van der Waals surface area contributed by atoms with E-state index >= 15 is 0 Å². The third-order valence-corrected chi connectivity index (χ3v) is 3.57. The first-order valence-corrected chi connectivity index (χ1v) is 7.28. The molecule has 3 nitrogen and oxygen atoms in total. The Labute approximate surface area is 131 Å². The predicted octanol–water partition coefficient (Wildman–Crippen LogP) is 4.27. The van der Waals surface area contributed by atoms with E-state index in [1.807, 2.05) is 49.3 Å². The van der Waals surface area contributed by atoms with Crippen molar-refractivity contribution in [3.05, 3.63) is 60.7 Å². The number of phenols is 1. The van der Waals surface area contributed by atoms with Gasteiger partial charge in [-0.25, -0.2) is 0 Å². The van der Waals surface area contributed by atoms with Gasteiger partial charge >= 0.3 is 0 Å². The number of ketones is 1. The van der Waals surface area contributed by atoms with Crippen molar-refractivity contribution in [3.63, 3.8) is 0 Å². The van der Waals surface area contributed by atoms with Crippen LogP contribution in [0.4, 0.5) is 5.69 Å². The van der Waals surface area contributed by atoms with Crippen molar-refractivity contribution in [1.29, 1.82) is 0 Å². The van der Waals surface area contributed by atoms with E-state index in [1.54, 1.807) is 18.2 Å². The van der Waals surface area contributed by atoms with Crippen LogP contribution in [0.1, 0.15) is 23.2 Å². The molecule has 0 saturated heterocycles. The van der Waals surface area contributed by atoms with Crippen LogP contribution in [0.15, 0.2) is 55.1 Å². The van der Waals surface area contributed by atoms with Gasteiger partial charge in [-0.15, -0.1) is 6.58 Å². The van der Waals surface area contributed by atoms with Crippen LogP contribution in [0.25, 0.3) is 11.1 Å². The third kappa shape index (κ3) is 3.37. The Balaban J connectivity index is 2.46. The van der Waals surface area contributed by atoms with Crippen LogP contribution < -0.4 is 4.90 Å². The standard InChI is InChI=1S/C19H21NO2/c1-4-5-9-19(22)16-12-11-14(13-17(16)20(2)3)15-8-6-7-10-18(15)21/h4,6-8,10-13,21H,1,5,9H2,2-3H3. The minimum atomic E-state index is 0.104. The Morgan fingerprint density at radius 1 is 1.23 bits per heavy atom. The van der Waals surface area contributed by atoms with E-state index < -0.39 is 0 Å². The molecule has 0 unspecified atom stereocenters. The summed E-state index contributed by atoms with van der Waals surface area (Å²) in [6.07, 6.45) is 2.89. The number of aromatic hydroxyl groups is 1. The van der Waals surface area contributed by atoms with Crippen molar-refractivity contribution in [2.75, 3.05) is 19.0 Å². The second-order valence-electron chi connectivity index (χ2n) is 5.39. The van der Waals surface area contributed by atoms with Crippen LogP contribution in [0.3, 0.4) is 0 Å². The van der Waals surface area contributed by atoms with Gasteiger partial charge in [0.25, 0.3) is 0 Å². The molecule has 22 heavy (non-hydrogen) atoms. The van der Waals surface area contributed by atoms with E-state index in [4.69, 9.17) is 0 Å². The lowest BCUT2D eigenvalue weighted by Crippen LogP contribution is -2.14. The SMILES string of the molecule is C=CCCC(=O)c1ccc(-c2ccccc2O)cc1N(C)C. The molecule has 0 aliphatic heterocycles. The summed E-state index contributed by atoms with van der Waals surface area (Å²) in [7, 11) is 3.82. The minimum absolute atomic E-state index is 0.104. The molecular weight excluding hydrogens is 274 g/mol. The first-order valence-electron chi connectivity index (χ1n) is 7.28. The van der Waals surface area contributed by atoms with E-state index in [9.17, 15) is 9.90 Å². The summed E-state index contributed by atoms with van der Waals surface area (Å²) in [5, 5.41) is 10.00. The zero-order chi connectivity index (χ0) is 16.1. The molecule has 2 rings (SSSR count). The zero-order valence-electron chi connectivity index (χ0n) is 13.0. The number of para-hydroxylation sites is 1. The van der Waals surface area contributed by atoms with Crippen LogP contribution >= 0.6 is 0 Å². The molecule has 0 spiro atoms. The van der Waals surface area contributed by atoms with E-state index in [1.165, 1.54) is 0 Å². The van der Waals surface area contributed by atoms with E-state index in [0.29, 0.717) is 18.4 Å². The number of hydrogen-bond acceptors (Lipinski definition) is 3. The number of nitrogens with zero attached hydrogens (tertiary/aromatic N) is 1. The molecule has 0 amide bonds. The molecule has 0 saturated carbocycles. The monoisotopic (exact) mass is 295 g/mol. The molecule has 0 heterocycles. The maximum Gasteiger partial charge on any atom is 0.165 e. The third-order valence-electron chi connectivity index (χ3n) is 3.57. The van der Waals surface area contributed by atoms with Gasteiger partial charge in [0.15, 0.2) is 5.78 Å². The summed E-state index contributed by atoms with van der Waals surface area (Å²) in [6.45, 7) is 3.66. The molecule has 2 aromatic rings. The maximum atomic E-state index is 12.3. The fourth-order valence-electron chi connectivity index (χ4n) is 2.39. The van der Waals surface area contributed by atoms with E-state index in [0.717, 1.165) is 16.8 Å². The van der Waals surface area contributed by atoms with Gasteiger partial charge in [0.2, 0.25) is 0 Å². The first kappa shape index (κ1) is 15.8. The molecule has 114 valence electrons. The number of allylic oxidation sites excluding steroid dienone is 1. The molecule has 0 aliphatic rings. The molecule has 1 N–H and O–H groups in total. The topological polar surface area (TPSA) is 40.5 Å². The van der Waals surface area contributed by atoms with Gasteiger partial charge < -0.3 is 10.0 Å². The average Bonchev–Trinajstić information content (AvgIpc) is 2.52. The molecule has 0 fully saturated rings. The summed E-state index contributed by atoms with van der Waals surface area (Å²) in [6, 6.07) is 12.9. The van der Waals surface area contributed by atoms with E-state index in [-0.39, 0.29) is 11.5 Å². The largest absolute Gasteiger partial charge is 0.507 e. The highest BCUT2D eigenvalue weighted by Crippen LogP contribution is 2.33. The average molecular weight is 295 g/mol. The van der Waals surface area contributed by atoms with Crippen molar-refractivity contribution in [1.82, 2.24) is 0 Å². The van der Waals surface area contributed by atoms with Crippen molar-refractivity contribution >= 4 is 11.5 Å². The lowest BCUT2D eigenvalue weighted by atomic mass is 9.98. The van der Waals surface area contributed by atoms with Crippen LogP contribution in [0, 0.1) is 0 Å².